The third-order valence-corrected chi connectivity index (χ3v) is 4.05. The number of nitrogens with zero attached hydrogens (tertiary/aromatic N) is 1. The zero-order chi connectivity index (χ0) is 14.5. The quantitative estimate of drug-likeness (QED) is 0.918. The van der Waals surface area contributed by atoms with Crippen molar-refractivity contribution < 1.29 is 9.59 Å². The maximum atomic E-state index is 12.0. The minimum Gasteiger partial charge on any atom is -0.325 e. The zero-order valence-electron chi connectivity index (χ0n) is 11.6. The van der Waals surface area contributed by atoms with E-state index in [-0.39, 0.29) is 17.6 Å². The number of piperidine rings is 1. The molecule has 1 amide bonds. The normalized spacial score (nSPS) is 19.6. The Morgan fingerprint density at radius 2 is 2.25 bits per heavy atom. The molecule has 0 aliphatic carbocycles. The van der Waals surface area contributed by atoms with Crippen LogP contribution < -0.4 is 5.32 Å². The zero-order valence-corrected chi connectivity index (χ0v) is 13.1. The number of carbonyl (C=O) groups excluding carboxylic acids is 2. The second-order valence-electron chi connectivity index (χ2n) is 5.24. The molecule has 20 heavy (non-hydrogen) atoms. The molecule has 2 rings (SSSR count). The van der Waals surface area contributed by atoms with E-state index in [2.05, 4.69) is 26.1 Å². The van der Waals surface area contributed by atoms with Gasteiger partial charge in [-0.3, -0.25) is 14.5 Å². The second-order valence-corrected chi connectivity index (χ2v) is 6.16. The lowest BCUT2D eigenvalue weighted by Gasteiger charge is -2.30. The van der Waals surface area contributed by atoms with Crippen LogP contribution in [0.4, 0.5) is 5.69 Å². The molecule has 1 aliphatic heterocycles. The van der Waals surface area contributed by atoms with Gasteiger partial charge in [0.05, 0.1) is 6.54 Å². The third kappa shape index (κ3) is 4.42. The molecule has 1 fully saturated rings. The number of rotatable bonds is 4. The largest absolute Gasteiger partial charge is 0.325 e. The van der Waals surface area contributed by atoms with Gasteiger partial charge in [-0.05, 0) is 44.5 Å². The van der Waals surface area contributed by atoms with Crippen LogP contribution in [0.15, 0.2) is 28.7 Å². The number of Topliss-reactive ketones (excluding diaryl/α,β-unsaturated/α-hetero) is 1. The molecule has 0 bridgehead atoms. The Morgan fingerprint density at radius 3 is 2.95 bits per heavy atom. The van der Waals surface area contributed by atoms with Gasteiger partial charge in [0.15, 0.2) is 0 Å². The summed E-state index contributed by atoms with van der Waals surface area (Å²) in [5, 5.41) is 2.88. The first-order valence-corrected chi connectivity index (χ1v) is 7.62. The van der Waals surface area contributed by atoms with E-state index >= 15 is 0 Å². The molecule has 0 aromatic heterocycles. The van der Waals surface area contributed by atoms with E-state index in [9.17, 15) is 9.59 Å². The van der Waals surface area contributed by atoms with Gasteiger partial charge in [-0.25, -0.2) is 0 Å². The lowest BCUT2D eigenvalue weighted by Crippen LogP contribution is -2.42. The van der Waals surface area contributed by atoms with Gasteiger partial charge in [0.2, 0.25) is 5.91 Å². The average Bonchev–Trinajstić information content (AvgIpc) is 2.38. The molecule has 5 heteroatoms. The van der Waals surface area contributed by atoms with Crippen LogP contribution in [0.2, 0.25) is 0 Å². The molecular formula is C15H19BrN2O2. The summed E-state index contributed by atoms with van der Waals surface area (Å²) in [5.41, 5.74) is 0.782. The van der Waals surface area contributed by atoms with Gasteiger partial charge in [0.1, 0.15) is 5.78 Å². The number of carbonyl (C=O) groups is 2. The number of nitrogens with one attached hydrogen (secondary N) is 1. The van der Waals surface area contributed by atoms with Crippen molar-refractivity contribution >= 4 is 33.3 Å². The number of ketones is 1. The van der Waals surface area contributed by atoms with E-state index in [0.29, 0.717) is 13.1 Å². The molecule has 1 saturated heterocycles. The molecule has 4 nitrogen and oxygen atoms in total. The molecular weight excluding hydrogens is 320 g/mol. The van der Waals surface area contributed by atoms with E-state index in [4.69, 9.17) is 0 Å². The Morgan fingerprint density at radius 1 is 1.45 bits per heavy atom. The molecule has 1 atom stereocenters. The van der Waals surface area contributed by atoms with Gasteiger partial charge >= 0.3 is 0 Å². The Bertz CT molecular complexity index is 504. The molecule has 1 aromatic rings. The van der Waals surface area contributed by atoms with Gasteiger partial charge < -0.3 is 5.32 Å². The molecule has 1 unspecified atom stereocenters. The minimum atomic E-state index is -0.0349. The van der Waals surface area contributed by atoms with Gasteiger partial charge in [0, 0.05) is 22.6 Å². The number of benzene rings is 1. The van der Waals surface area contributed by atoms with Crippen LogP contribution in [0.5, 0.6) is 0 Å². The minimum absolute atomic E-state index is 0.0349. The van der Waals surface area contributed by atoms with Crippen molar-refractivity contribution in [1.29, 1.82) is 0 Å². The standard InChI is InChI=1S/C15H19BrN2O2/c1-11(19)12-4-3-7-18(9-12)10-15(20)17-14-6-2-5-13(16)8-14/h2,5-6,8,12H,3-4,7,9-10H2,1H3,(H,17,20). The monoisotopic (exact) mass is 338 g/mol. The van der Waals surface area contributed by atoms with Crippen molar-refractivity contribution in [2.45, 2.75) is 19.8 Å². The first-order chi connectivity index (χ1) is 9.54. The summed E-state index contributed by atoms with van der Waals surface area (Å²) in [5.74, 6) is 0.275. The lowest BCUT2D eigenvalue weighted by atomic mass is 9.95. The Kier molecular flexibility index (Phi) is 5.31. The van der Waals surface area contributed by atoms with Crippen LogP contribution in [0.1, 0.15) is 19.8 Å². The molecule has 1 N–H and O–H groups in total. The van der Waals surface area contributed by atoms with Crippen LogP contribution >= 0.6 is 15.9 Å². The Balaban J connectivity index is 1.86. The van der Waals surface area contributed by atoms with Crippen molar-refractivity contribution in [2.24, 2.45) is 5.92 Å². The predicted octanol–water partition coefficient (Wildman–Crippen LogP) is 2.69. The predicted molar refractivity (Wildman–Crippen MR) is 82.6 cm³/mol. The summed E-state index contributed by atoms with van der Waals surface area (Å²) >= 11 is 3.38. The lowest BCUT2D eigenvalue weighted by molar-refractivity contribution is -0.124. The summed E-state index contributed by atoms with van der Waals surface area (Å²) in [7, 11) is 0. The fraction of sp³-hybridized carbons (Fsp3) is 0.467. The number of amides is 1. The highest BCUT2D eigenvalue weighted by Gasteiger charge is 2.24. The fourth-order valence-corrected chi connectivity index (χ4v) is 2.90. The van der Waals surface area contributed by atoms with E-state index in [1.165, 1.54) is 0 Å². The number of hydrogen-bond donors (Lipinski definition) is 1. The third-order valence-electron chi connectivity index (χ3n) is 3.56. The number of hydrogen-bond acceptors (Lipinski definition) is 3. The van der Waals surface area contributed by atoms with Crippen molar-refractivity contribution in [3.8, 4) is 0 Å². The maximum Gasteiger partial charge on any atom is 0.238 e. The highest BCUT2D eigenvalue weighted by Crippen LogP contribution is 2.18. The molecule has 108 valence electrons. The fourth-order valence-electron chi connectivity index (χ4n) is 2.50. The van der Waals surface area contributed by atoms with Crippen LogP contribution in [-0.4, -0.2) is 36.2 Å². The second kappa shape index (κ2) is 6.99. The smallest absolute Gasteiger partial charge is 0.238 e. The van der Waals surface area contributed by atoms with E-state index in [1.807, 2.05) is 24.3 Å². The van der Waals surface area contributed by atoms with E-state index in [0.717, 1.165) is 29.5 Å². The number of anilines is 1. The van der Waals surface area contributed by atoms with Crippen LogP contribution in [0, 0.1) is 5.92 Å². The number of likely N-dealkylation sites (tertiary alicyclic amines) is 1. The molecule has 1 heterocycles. The summed E-state index contributed by atoms with van der Waals surface area (Å²) in [6, 6.07) is 7.52. The van der Waals surface area contributed by atoms with E-state index in [1.54, 1.807) is 6.92 Å². The molecule has 0 radical (unpaired) electrons. The molecule has 0 spiro atoms. The van der Waals surface area contributed by atoms with Crippen LogP contribution in [0.3, 0.4) is 0 Å². The van der Waals surface area contributed by atoms with Crippen LogP contribution in [0.25, 0.3) is 0 Å². The van der Waals surface area contributed by atoms with E-state index < -0.39 is 0 Å². The average molecular weight is 339 g/mol. The summed E-state index contributed by atoms with van der Waals surface area (Å²) in [6.45, 7) is 3.56. The molecule has 0 saturated carbocycles. The van der Waals surface area contributed by atoms with Crippen molar-refractivity contribution in [3.63, 3.8) is 0 Å². The summed E-state index contributed by atoms with van der Waals surface area (Å²) < 4.78 is 0.935. The maximum absolute atomic E-state index is 12.0. The van der Waals surface area contributed by atoms with Crippen molar-refractivity contribution in [2.75, 3.05) is 25.0 Å². The SMILES string of the molecule is CC(=O)C1CCCN(CC(=O)Nc2cccc(Br)c2)C1. The van der Waals surface area contributed by atoms with Gasteiger partial charge in [0.25, 0.3) is 0 Å². The van der Waals surface area contributed by atoms with Gasteiger partial charge in [-0.15, -0.1) is 0 Å². The highest BCUT2D eigenvalue weighted by atomic mass is 79.9. The summed E-state index contributed by atoms with van der Waals surface area (Å²) in [6.07, 6.45) is 1.92. The summed E-state index contributed by atoms with van der Waals surface area (Å²) in [4.78, 5) is 25.5. The number of halogens is 1. The van der Waals surface area contributed by atoms with Crippen molar-refractivity contribution in [1.82, 2.24) is 4.90 Å². The molecule has 1 aromatic carbocycles. The topological polar surface area (TPSA) is 49.4 Å². The first kappa shape index (κ1) is 15.2. The van der Waals surface area contributed by atoms with Gasteiger partial charge in [-0.2, -0.15) is 0 Å². The highest BCUT2D eigenvalue weighted by molar-refractivity contribution is 9.10. The van der Waals surface area contributed by atoms with Gasteiger partial charge in [-0.1, -0.05) is 22.0 Å². The Hall–Kier alpha value is -1.20. The van der Waals surface area contributed by atoms with Crippen molar-refractivity contribution in [3.05, 3.63) is 28.7 Å². The molecule has 1 aliphatic rings. The van der Waals surface area contributed by atoms with Crippen LogP contribution in [-0.2, 0) is 9.59 Å². The Labute approximate surface area is 127 Å². The first-order valence-electron chi connectivity index (χ1n) is 6.83.